The van der Waals surface area contributed by atoms with E-state index < -0.39 is 0 Å². The number of rotatable bonds is 3. The van der Waals surface area contributed by atoms with Crippen LogP contribution in [0.2, 0.25) is 0 Å². The largest absolute Gasteiger partial charge is 0.411 e. The number of nitrogens with one attached hydrogen (secondary N) is 2. The van der Waals surface area contributed by atoms with Crippen molar-refractivity contribution in [2.24, 2.45) is 51.5 Å². The van der Waals surface area contributed by atoms with Crippen molar-refractivity contribution in [3.63, 3.8) is 0 Å². The molecule has 6 heteroatoms. The van der Waals surface area contributed by atoms with E-state index in [0.29, 0.717) is 46.3 Å². The third kappa shape index (κ3) is 3.09. The molecule has 6 nitrogen and oxygen atoms in total. The molecule has 0 bridgehead atoms. The van der Waals surface area contributed by atoms with E-state index >= 15 is 0 Å². The maximum absolute atomic E-state index is 9.54. The van der Waals surface area contributed by atoms with Gasteiger partial charge in [-0.15, -0.1) is 0 Å². The number of fused-ring (bicyclic) bond motifs is 7. The second kappa shape index (κ2) is 8.07. The lowest BCUT2D eigenvalue weighted by atomic mass is 9.39. The van der Waals surface area contributed by atoms with Gasteiger partial charge < -0.3 is 5.21 Å². The SMILES string of the molecule is CC1CCCC2(NONO)CCC3C(=CCC4C3(C)CCC3C(C)/C(=N\O)CCC34C)C12. The Hall–Kier alpha value is -0.950. The topological polar surface area (TPSA) is 86.1 Å². The fraction of sp³-hybridized carbons (Fsp3) is 0.885. The highest BCUT2D eigenvalue weighted by Crippen LogP contribution is 2.69. The standard InChI is InChI=1S/C26H43N3O3/c1-16-6-5-12-26(28-32-29-31)15-10-20-18(23(16)26)7-8-22-24(3)14-11-21(27-30)17(2)19(24)9-13-25(20,22)4/h7,16-17,19-20,22-23,28-31H,5-6,8-15H2,1-4H3/b27-21-. The van der Waals surface area contributed by atoms with Crippen molar-refractivity contribution in [2.75, 3.05) is 0 Å². The van der Waals surface area contributed by atoms with Gasteiger partial charge >= 0.3 is 0 Å². The third-order valence-electron chi connectivity index (χ3n) is 11.4. The fourth-order valence-electron chi connectivity index (χ4n) is 9.96. The van der Waals surface area contributed by atoms with Crippen molar-refractivity contribution in [3.8, 4) is 0 Å². The summed E-state index contributed by atoms with van der Waals surface area (Å²) in [6.07, 6.45) is 14.3. The number of hydrogen-bond acceptors (Lipinski definition) is 6. The summed E-state index contributed by atoms with van der Waals surface area (Å²) in [5.74, 6) is 3.45. The van der Waals surface area contributed by atoms with Crippen LogP contribution in [0.1, 0.15) is 91.9 Å². The quantitative estimate of drug-likeness (QED) is 0.257. The van der Waals surface area contributed by atoms with E-state index in [1.165, 1.54) is 38.5 Å². The van der Waals surface area contributed by atoms with Gasteiger partial charge in [-0.3, -0.25) is 5.21 Å². The van der Waals surface area contributed by atoms with Crippen LogP contribution in [0.25, 0.3) is 0 Å². The second-order valence-corrected chi connectivity index (χ2v) is 12.4. The summed E-state index contributed by atoms with van der Waals surface area (Å²) in [6, 6.07) is 0. The minimum atomic E-state index is -0.0775. The number of oxime groups is 1. The zero-order valence-corrected chi connectivity index (χ0v) is 20.4. The van der Waals surface area contributed by atoms with Crippen LogP contribution in [-0.2, 0) is 4.94 Å². The van der Waals surface area contributed by atoms with E-state index in [4.69, 9.17) is 10.1 Å². The van der Waals surface area contributed by atoms with E-state index in [1.807, 2.05) is 5.64 Å². The summed E-state index contributed by atoms with van der Waals surface area (Å²) >= 11 is 0. The predicted molar refractivity (Wildman–Crippen MR) is 124 cm³/mol. The molecule has 32 heavy (non-hydrogen) atoms. The number of allylic oxidation sites excluding steroid dienone is 1. The minimum absolute atomic E-state index is 0.0775. The maximum atomic E-state index is 9.54. The summed E-state index contributed by atoms with van der Waals surface area (Å²) in [5.41, 5.74) is 8.41. The Morgan fingerprint density at radius 1 is 1.06 bits per heavy atom. The summed E-state index contributed by atoms with van der Waals surface area (Å²) in [7, 11) is 0. The van der Waals surface area contributed by atoms with E-state index in [9.17, 15) is 5.21 Å². The molecule has 9 unspecified atom stereocenters. The van der Waals surface area contributed by atoms with Crippen molar-refractivity contribution >= 4 is 5.71 Å². The lowest BCUT2D eigenvalue weighted by molar-refractivity contribution is -0.215. The summed E-state index contributed by atoms with van der Waals surface area (Å²) in [6.45, 7) is 9.88. The second-order valence-electron chi connectivity index (χ2n) is 12.4. The molecule has 0 amide bonds. The smallest absolute Gasteiger partial charge is 0.0602 e. The van der Waals surface area contributed by atoms with Gasteiger partial charge in [0.25, 0.3) is 0 Å². The zero-order valence-electron chi connectivity index (χ0n) is 20.4. The molecule has 0 aliphatic heterocycles. The van der Waals surface area contributed by atoms with E-state index in [-0.39, 0.29) is 5.54 Å². The van der Waals surface area contributed by atoms with Crippen molar-refractivity contribution in [1.82, 2.24) is 11.1 Å². The third-order valence-corrected chi connectivity index (χ3v) is 11.4. The van der Waals surface area contributed by atoms with Crippen LogP contribution in [0.5, 0.6) is 0 Å². The van der Waals surface area contributed by atoms with Gasteiger partial charge in [0.1, 0.15) is 0 Å². The molecule has 0 heterocycles. The van der Waals surface area contributed by atoms with Gasteiger partial charge in [-0.1, -0.05) is 56.6 Å². The molecule has 180 valence electrons. The molecule has 0 aromatic rings. The molecular weight excluding hydrogens is 402 g/mol. The van der Waals surface area contributed by atoms with Gasteiger partial charge in [0.15, 0.2) is 0 Å². The lowest BCUT2D eigenvalue weighted by Gasteiger charge is -2.66. The van der Waals surface area contributed by atoms with E-state index in [0.717, 1.165) is 31.4 Å². The molecular formula is C26H43N3O3. The minimum Gasteiger partial charge on any atom is -0.411 e. The van der Waals surface area contributed by atoms with Gasteiger partial charge in [-0.2, -0.15) is 10.4 Å². The molecule has 0 aromatic carbocycles. The van der Waals surface area contributed by atoms with Crippen molar-refractivity contribution in [3.05, 3.63) is 11.6 Å². The van der Waals surface area contributed by atoms with E-state index in [1.54, 1.807) is 5.57 Å². The van der Waals surface area contributed by atoms with Crippen molar-refractivity contribution in [1.29, 1.82) is 0 Å². The molecule has 5 aliphatic carbocycles. The average molecular weight is 446 g/mol. The average Bonchev–Trinajstić information content (AvgIpc) is 2.77. The molecule has 0 saturated heterocycles. The molecule has 4 fully saturated rings. The number of nitrogens with zero attached hydrogens (tertiary/aromatic N) is 1. The Balaban J connectivity index is 1.50. The van der Waals surface area contributed by atoms with Gasteiger partial charge in [-0.05, 0) is 92.3 Å². The summed E-state index contributed by atoms with van der Waals surface area (Å²) in [5, 5.41) is 22.3. The molecule has 9 atom stereocenters. The number of hydrogen-bond donors (Lipinski definition) is 4. The van der Waals surface area contributed by atoms with Crippen LogP contribution >= 0.6 is 0 Å². The van der Waals surface area contributed by atoms with Crippen molar-refractivity contribution in [2.45, 2.75) is 97.4 Å². The first-order valence-corrected chi connectivity index (χ1v) is 13.0. The van der Waals surface area contributed by atoms with Crippen LogP contribution in [0.4, 0.5) is 0 Å². The molecule has 0 radical (unpaired) electrons. The Bertz CT molecular complexity index is 799. The first-order valence-electron chi connectivity index (χ1n) is 13.0. The number of hydroxylamine groups is 1. The van der Waals surface area contributed by atoms with Gasteiger partial charge in [-0.25, -0.2) is 0 Å². The first kappa shape index (κ1) is 22.8. The normalized spacial score (nSPS) is 51.8. The van der Waals surface area contributed by atoms with Gasteiger partial charge in [0.2, 0.25) is 0 Å². The summed E-state index contributed by atoms with van der Waals surface area (Å²) in [4.78, 5) is 5.21. The molecule has 4 saturated carbocycles. The summed E-state index contributed by atoms with van der Waals surface area (Å²) < 4.78 is 0. The molecule has 0 spiro atoms. The van der Waals surface area contributed by atoms with Crippen LogP contribution in [-0.4, -0.2) is 21.7 Å². The Morgan fingerprint density at radius 3 is 2.62 bits per heavy atom. The molecule has 5 rings (SSSR count). The van der Waals surface area contributed by atoms with Gasteiger partial charge in [0.05, 0.1) is 11.3 Å². The van der Waals surface area contributed by atoms with Crippen LogP contribution in [0, 0.1) is 46.3 Å². The van der Waals surface area contributed by atoms with Crippen LogP contribution < -0.4 is 11.1 Å². The van der Waals surface area contributed by atoms with Crippen LogP contribution in [0.15, 0.2) is 16.8 Å². The zero-order chi connectivity index (χ0) is 22.7. The van der Waals surface area contributed by atoms with E-state index in [2.05, 4.69) is 44.4 Å². The lowest BCUT2D eigenvalue weighted by Crippen LogP contribution is -2.63. The Kier molecular flexibility index (Phi) is 5.76. The highest BCUT2D eigenvalue weighted by Gasteiger charge is 2.63. The van der Waals surface area contributed by atoms with Crippen molar-refractivity contribution < 1.29 is 15.4 Å². The maximum Gasteiger partial charge on any atom is 0.0602 e. The molecule has 5 aliphatic rings. The molecule has 0 aromatic heterocycles. The highest BCUT2D eigenvalue weighted by molar-refractivity contribution is 5.87. The van der Waals surface area contributed by atoms with Gasteiger partial charge in [0, 0.05) is 11.8 Å². The predicted octanol–water partition coefficient (Wildman–Crippen LogP) is 5.62. The Labute approximate surface area is 193 Å². The monoisotopic (exact) mass is 445 g/mol. The first-order chi connectivity index (χ1) is 15.3. The Morgan fingerprint density at radius 2 is 1.88 bits per heavy atom. The highest BCUT2D eigenvalue weighted by atomic mass is 16.9. The molecule has 4 N–H and O–H groups in total. The fourth-order valence-corrected chi connectivity index (χ4v) is 9.96. The van der Waals surface area contributed by atoms with Crippen LogP contribution in [0.3, 0.4) is 0 Å².